The first kappa shape index (κ1) is 10.9. The fourth-order valence-corrected chi connectivity index (χ4v) is 2.16. The molecule has 4 nitrogen and oxygen atoms in total. The van der Waals surface area contributed by atoms with Crippen LogP contribution in [0.25, 0.3) is 5.69 Å². The van der Waals surface area contributed by atoms with E-state index < -0.39 is 6.09 Å². The molecule has 1 heterocycles. The molecule has 0 fully saturated rings. The van der Waals surface area contributed by atoms with E-state index in [0.29, 0.717) is 9.82 Å². The number of carboxylic acid groups (broad SMARTS) is 1. The van der Waals surface area contributed by atoms with Crippen molar-refractivity contribution in [3.8, 4) is 5.69 Å². The number of nitrogens with zero attached hydrogens (tertiary/aromatic N) is 2. The third kappa shape index (κ3) is 2.32. The summed E-state index contributed by atoms with van der Waals surface area (Å²) in [6.07, 6.45) is 0.538. The number of hydrogen-bond acceptors (Lipinski definition) is 2. The maximum absolute atomic E-state index is 10.5. The minimum absolute atomic E-state index is 0.398. The third-order valence-electron chi connectivity index (χ3n) is 1.87. The number of thiazole rings is 1. The summed E-state index contributed by atoms with van der Waals surface area (Å²) < 4.78 is 1.67. The Morgan fingerprint density at radius 3 is 3.00 bits per heavy atom. The number of carbonyl (C=O) groups is 1. The molecule has 0 unspecified atom stereocenters. The van der Waals surface area contributed by atoms with Gasteiger partial charge in [-0.1, -0.05) is 17.7 Å². The Morgan fingerprint density at radius 1 is 1.50 bits per heavy atom. The van der Waals surface area contributed by atoms with E-state index in [1.54, 1.807) is 34.3 Å². The summed E-state index contributed by atoms with van der Waals surface area (Å²) in [4.78, 5) is 14.4. The molecule has 0 radical (unpaired) electrons. The fourth-order valence-electron chi connectivity index (χ4n) is 1.26. The Balaban J connectivity index is 2.57. The third-order valence-corrected chi connectivity index (χ3v) is 2.86. The van der Waals surface area contributed by atoms with Crippen LogP contribution in [0.5, 0.6) is 0 Å². The van der Waals surface area contributed by atoms with Gasteiger partial charge in [0, 0.05) is 22.3 Å². The number of benzene rings is 1. The summed E-state index contributed by atoms with van der Waals surface area (Å²) in [5.74, 6) is 0. The molecular weight excluding hydrogens is 248 g/mol. The highest BCUT2D eigenvalue weighted by Crippen LogP contribution is 2.13. The molecule has 6 heteroatoms. The van der Waals surface area contributed by atoms with Crippen LogP contribution < -0.4 is 4.80 Å². The van der Waals surface area contributed by atoms with Crippen molar-refractivity contribution in [1.82, 2.24) is 4.57 Å². The van der Waals surface area contributed by atoms with Crippen LogP contribution in [0.15, 0.2) is 40.8 Å². The minimum Gasteiger partial charge on any atom is -0.463 e. The Hall–Kier alpha value is -1.59. The number of rotatable bonds is 1. The van der Waals surface area contributed by atoms with E-state index in [-0.39, 0.29) is 0 Å². The number of aromatic nitrogens is 1. The largest absolute Gasteiger partial charge is 0.463 e. The number of halogens is 1. The van der Waals surface area contributed by atoms with E-state index in [9.17, 15) is 4.79 Å². The number of amides is 1. The summed E-state index contributed by atoms with van der Waals surface area (Å²) >= 11 is 7.11. The fraction of sp³-hybridized carbons (Fsp3) is 0. The summed E-state index contributed by atoms with van der Waals surface area (Å²) in [5.41, 5.74) is 0.786. The van der Waals surface area contributed by atoms with Crippen LogP contribution in [-0.2, 0) is 0 Å². The van der Waals surface area contributed by atoms with E-state index >= 15 is 0 Å². The first-order chi connectivity index (χ1) is 7.66. The van der Waals surface area contributed by atoms with E-state index in [1.165, 1.54) is 11.3 Å². The highest BCUT2D eigenvalue weighted by atomic mass is 35.5. The Bertz CT molecular complexity index is 588. The van der Waals surface area contributed by atoms with Crippen molar-refractivity contribution in [2.24, 2.45) is 4.99 Å². The molecule has 0 aliphatic heterocycles. The van der Waals surface area contributed by atoms with Crippen molar-refractivity contribution < 1.29 is 9.90 Å². The Morgan fingerprint density at radius 2 is 2.31 bits per heavy atom. The van der Waals surface area contributed by atoms with Gasteiger partial charge in [-0.05, 0) is 18.2 Å². The van der Waals surface area contributed by atoms with Gasteiger partial charge in [0.2, 0.25) is 4.80 Å². The maximum atomic E-state index is 10.5. The van der Waals surface area contributed by atoms with Crippen molar-refractivity contribution in [3.63, 3.8) is 0 Å². The van der Waals surface area contributed by atoms with Gasteiger partial charge in [-0.3, -0.25) is 4.57 Å². The normalized spacial score (nSPS) is 11.7. The van der Waals surface area contributed by atoms with Crippen molar-refractivity contribution in [2.45, 2.75) is 0 Å². The number of hydrogen-bond donors (Lipinski definition) is 1. The highest BCUT2D eigenvalue weighted by molar-refractivity contribution is 7.07. The van der Waals surface area contributed by atoms with Crippen LogP contribution in [0.4, 0.5) is 4.79 Å². The second kappa shape index (κ2) is 4.51. The van der Waals surface area contributed by atoms with Gasteiger partial charge in [0.1, 0.15) is 0 Å². The molecule has 0 bridgehead atoms. The second-order valence-electron chi connectivity index (χ2n) is 2.93. The zero-order chi connectivity index (χ0) is 11.5. The van der Waals surface area contributed by atoms with Crippen LogP contribution in [0.3, 0.4) is 0 Å². The Labute approximate surface area is 100 Å². The highest BCUT2D eigenvalue weighted by Gasteiger charge is 2.01. The van der Waals surface area contributed by atoms with Gasteiger partial charge in [-0.15, -0.1) is 16.3 Å². The molecule has 1 N–H and O–H groups in total. The topological polar surface area (TPSA) is 54.6 Å². The van der Waals surface area contributed by atoms with Crippen LogP contribution >= 0.6 is 22.9 Å². The first-order valence-electron chi connectivity index (χ1n) is 4.36. The molecule has 1 aromatic heterocycles. The minimum atomic E-state index is -1.21. The second-order valence-corrected chi connectivity index (χ2v) is 4.24. The lowest BCUT2D eigenvalue weighted by Gasteiger charge is -2.02. The Kier molecular flexibility index (Phi) is 3.07. The lowest BCUT2D eigenvalue weighted by molar-refractivity contribution is 0.204. The summed E-state index contributed by atoms with van der Waals surface area (Å²) in [5, 5.41) is 11.0. The molecule has 2 aromatic rings. The van der Waals surface area contributed by atoms with Crippen LogP contribution in [-0.4, -0.2) is 15.8 Å². The lowest BCUT2D eigenvalue weighted by Crippen LogP contribution is -2.13. The van der Waals surface area contributed by atoms with Gasteiger partial charge in [0.25, 0.3) is 0 Å². The average molecular weight is 255 g/mol. The molecule has 0 spiro atoms. The monoisotopic (exact) mass is 254 g/mol. The van der Waals surface area contributed by atoms with Gasteiger partial charge >= 0.3 is 6.09 Å². The molecule has 1 aromatic carbocycles. The predicted molar refractivity (Wildman–Crippen MR) is 62.2 cm³/mol. The summed E-state index contributed by atoms with van der Waals surface area (Å²) in [6, 6.07) is 7.13. The standard InChI is InChI=1S/C10H7ClN2O2S/c11-7-2-1-3-8(6-7)13-4-5-16-9(13)12-10(14)15/h1-6H,(H,14,15)/b12-9+. The van der Waals surface area contributed by atoms with E-state index in [2.05, 4.69) is 4.99 Å². The molecule has 2 rings (SSSR count). The molecule has 0 saturated carbocycles. The molecule has 1 amide bonds. The van der Waals surface area contributed by atoms with Gasteiger partial charge < -0.3 is 5.11 Å². The molecule has 0 atom stereocenters. The first-order valence-corrected chi connectivity index (χ1v) is 5.62. The zero-order valence-corrected chi connectivity index (χ0v) is 9.57. The maximum Gasteiger partial charge on any atom is 0.433 e. The van der Waals surface area contributed by atoms with Crippen LogP contribution in [0, 0.1) is 0 Å². The molecule has 16 heavy (non-hydrogen) atoms. The van der Waals surface area contributed by atoms with Gasteiger partial charge in [-0.2, -0.15) is 0 Å². The summed E-state index contributed by atoms with van der Waals surface area (Å²) in [7, 11) is 0. The predicted octanol–water partition coefficient (Wildman–Crippen LogP) is 2.77. The average Bonchev–Trinajstić information content (AvgIpc) is 2.65. The molecule has 0 aliphatic carbocycles. The van der Waals surface area contributed by atoms with Crippen LogP contribution in [0.2, 0.25) is 5.02 Å². The van der Waals surface area contributed by atoms with Crippen molar-refractivity contribution in [1.29, 1.82) is 0 Å². The quantitative estimate of drug-likeness (QED) is 0.851. The van der Waals surface area contributed by atoms with E-state index in [4.69, 9.17) is 16.7 Å². The van der Waals surface area contributed by atoms with Gasteiger partial charge in [-0.25, -0.2) is 4.79 Å². The lowest BCUT2D eigenvalue weighted by atomic mass is 10.3. The van der Waals surface area contributed by atoms with E-state index in [0.717, 1.165) is 5.69 Å². The molecular formula is C10H7ClN2O2S. The molecule has 0 saturated heterocycles. The summed E-state index contributed by atoms with van der Waals surface area (Å²) in [6.45, 7) is 0. The zero-order valence-electron chi connectivity index (χ0n) is 8.00. The van der Waals surface area contributed by atoms with E-state index in [1.807, 2.05) is 6.07 Å². The SMILES string of the molecule is O=C(O)/N=c1/sccn1-c1cccc(Cl)c1. The van der Waals surface area contributed by atoms with Gasteiger partial charge in [0.15, 0.2) is 0 Å². The molecule has 82 valence electrons. The van der Waals surface area contributed by atoms with Gasteiger partial charge in [0.05, 0.1) is 0 Å². The van der Waals surface area contributed by atoms with Crippen LogP contribution in [0.1, 0.15) is 0 Å². The molecule has 0 aliphatic rings. The van der Waals surface area contributed by atoms with Crippen molar-refractivity contribution in [2.75, 3.05) is 0 Å². The van der Waals surface area contributed by atoms with Crippen molar-refractivity contribution in [3.05, 3.63) is 45.7 Å². The van der Waals surface area contributed by atoms with Crippen molar-refractivity contribution >= 4 is 29.0 Å². The smallest absolute Gasteiger partial charge is 0.433 e.